The van der Waals surface area contributed by atoms with E-state index in [9.17, 15) is 0 Å². The predicted molar refractivity (Wildman–Crippen MR) is 82.5 cm³/mol. The third-order valence-corrected chi connectivity index (χ3v) is 5.20. The summed E-state index contributed by atoms with van der Waals surface area (Å²) in [6, 6.07) is 0.698. The van der Waals surface area contributed by atoms with Crippen molar-refractivity contribution in [2.24, 2.45) is 11.3 Å². The van der Waals surface area contributed by atoms with Crippen LogP contribution in [0, 0.1) is 11.3 Å². The van der Waals surface area contributed by atoms with Crippen molar-refractivity contribution >= 4 is 0 Å². The van der Waals surface area contributed by atoms with Gasteiger partial charge in [-0.2, -0.15) is 0 Å². The van der Waals surface area contributed by atoms with E-state index >= 15 is 0 Å². The molecule has 0 radical (unpaired) electrons. The van der Waals surface area contributed by atoms with Gasteiger partial charge < -0.3 is 10.2 Å². The van der Waals surface area contributed by atoms with Crippen LogP contribution in [-0.4, -0.2) is 62.2 Å². The number of hydrogen-bond donors (Lipinski definition) is 1. The third-order valence-electron chi connectivity index (χ3n) is 5.20. The molecule has 2 atom stereocenters. The van der Waals surface area contributed by atoms with E-state index in [1.54, 1.807) is 0 Å². The monoisotopic (exact) mass is 267 g/mol. The molecule has 3 nitrogen and oxygen atoms in total. The maximum atomic E-state index is 3.58. The highest BCUT2D eigenvalue weighted by Crippen LogP contribution is 2.33. The van der Waals surface area contributed by atoms with E-state index in [2.05, 4.69) is 42.9 Å². The Balaban J connectivity index is 1.93. The van der Waals surface area contributed by atoms with Crippen LogP contribution in [0.2, 0.25) is 0 Å². The van der Waals surface area contributed by atoms with E-state index in [0.717, 1.165) is 5.92 Å². The van der Waals surface area contributed by atoms with Gasteiger partial charge in [-0.15, -0.1) is 0 Å². The normalized spacial score (nSPS) is 32.2. The number of likely N-dealkylation sites (N-methyl/N-ethyl adjacent to an activating group) is 1. The molecule has 2 fully saturated rings. The highest BCUT2D eigenvalue weighted by Gasteiger charge is 2.34. The summed E-state index contributed by atoms with van der Waals surface area (Å²) in [6.45, 7) is 14.8. The Morgan fingerprint density at radius 1 is 1.21 bits per heavy atom. The molecule has 2 unspecified atom stereocenters. The van der Waals surface area contributed by atoms with Gasteiger partial charge in [0.05, 0.1) is 0 Å². The lowest BCUT2D eigenvalue weighted by atomic mass is 9.74. The lowest BCUT2D eigenvalue weighted by molar-refractivity contribution is 0.0794. The molecule has 0 amide bonds. The highest BCUT2D eigenvalue weighted by atomic mass is 15.2. The smallest absolute Gasteiger partial charge is 0.0195 e. The van der Waals surface area contributed by atoms with Gasteiger partial charge in [0.2, 0.25) is 0 Å². The van der Waals surface area contributed by atoms with E-state index in [0.29, 0.717) is 11.5 Å². The van der Waals surface area contributed by atoms with Gasteiger partial charge >= 0.3 is 0 Å². The minimum atomic E-state index is 0.435. The van der Waals surface area contributed by atoms with Crippen molar-refractivity contribution in [1.29, 1.82) is 0 Å². The summed E-state index contributed by atoms with van der Waals surface area (Å²) in [5.41, 5.74) is 0.435. The van der Waals surface area contributed by atoms with Crippen LogP contribution < -0.4 is 5.32 Å². The number of nitrogens with zero attached hydrogens (tertiary/aromatic N) is 2. The van der Waals surface area contributed by atoms with Gasteiger partial charge in [0.25, 0.3) is 0 Å². The van der Waals surface area contributed by atoms with Crippen molar-refractivity contribution in [2.45, 2.75) is 46.1 Å². The summed E-state index contributed by atoms with van der Waals surface area (Å²) in [6.07, 6.45) is 4.08. The van der Waals surface area contributed by atoms with E-state index < -0.39 is 0 Å². The van der Waals surface area contributed by atoms with Crippen molar-refractivity contribution in [1.82, 2.24) is 15.1 Å². The molecule has 2 rings (SSSR count). The Morgan fingerprint density at radius 2 is 2.00 bits per heavy atom. The van der Waals surface area contributed by atoms with Crippen molar-refractivity contribution in [2.75, 3.05) is 46.3 Å². The molecule has 2 aliphatic rings. The van der Waals surface area contributed by atoms with Gasteiger partial charge in [-0.25, -0.2) is 0 Å². The van der Waals surface area contributed by atoms with Gasteiger partial charge in [-0.1, -0.05) is 13.8 Å². The first-order valence-corrected chi connectivity index (χ1v) is 8.12. The molecule has 0 aromatic heterocycles. The topological polar surface area (TPSA) is 18.5 Å². The molecule has 0 aromatic carbocycles. The Labute approximate surface area is 119 Å². The fourth-order valence-electron chi connectivity index (χ4n) is 3.83. The second kappa shape index (κ2) is 6.55. The minimum Gasteiger partial charge on any atom is -0.316 e. The average molecular weight is 267 g/mol. The first-order valence-electron chi connectivity index (χ1n) is 8.12. The minimum absolute atomic E-state index is 0.435. The predicted octanol–water partition coefficient (Wildman–Crippen LogP) is 2.04. The Morgan fingerprint density at radius 3 is 2.68 bits per heavy atom. The van der Waals surface area contributed by atoms with Crippen LogP contribution in [0.15, 0.2) is 0 Å². The van der Waals surface area contributed by atoms with Crippen LogP contribution in [0.5, 0.6) is 0 Å². The summed E-state index contributed by atoms with van der Waals surface area (Å²) in [4.78, 5) is 5.22. The first-order chi connectivity index (χ1) is 8.99. The zero-order chi connectivity index (χ0) is 13.9. The molecule has 2 heterocycles. The van der Waals surface area contributed by atoms with Crippen molar-refractivity contribution in [3.05, 3.63) is 0 Å². The van der Waals surface area contributed by atoms with E-state index in [1.807, 2.05) is 0 Å². The summed E-state index contributed by atoms with van der Waals surface area (Å²) in [7, 11) is 2.26. The molecular weight excluding hydrogens is 234 g/mol. The molecule has 0 aromatic rings. The molecular formula is C16H33N3. The van der Waals surface area contributed by atoms with Crippen LogP contribution in [0.4, 0.5) is 0 Å². The van der Waals surface area contributed by atoms with Crippen molar-refractivity contribution < 1.29 is 0 Å². The molecule has 0 spiro atoms. The van der Waals surface area contributed by atoms with Crippen molar-refractivity contribution in [3.8, 4) is 0 Å². The highest BCUT2D eigenvalue weighted by molar-refractivity contribution is 4.87. The zero-order valence-corrected chi connectivity index (χ0v) is 13.4. The zero-order valence-electron chi connectivity index (χ0n) is 13.4. The second-order valence-electron chi connectivity index (χ2n) is 7.47. The van der Waals surface area contributed by atoms with E-state index in [1.165, 1.54) is 58.5 Å². The average Bonchev–Trinajstić information content (AvgIpc) is 2.52. The summed E-state index contributed by atoms with van der Waals surface area (Å²) in [5, 5.41) is 3.58. The third kappa shape index (κ3) is 4.17. The Hall–Kier alpha value is -0.120. The largest absolute Gasteiger partial charge is 0.316 e. The quantitative estimate of drug-likeness (QED) is 0.844. The van der Waals surface area contributed by atoms with Crippen LogP contribution in [0.25, 0.3) is 0 Å². The van der Waals surface area contributed by atoms with Gasteiger partial charge in [0.1, 0.15) is 0 Å². The summed E-state index contributed by atoms with van der Waals surface area (Å²) >= 11 is 0. The van der Waals surface area contributed by atoms with Crippen LogP contribution >= 0.6 is 0 Å². The number of piperidine rings is 1. The van der Waals surface area contributed by atoms with Gasteiger partial charge in [0.15, 0.2) is 0 Å². The van der Waals surface area contributed by atoms with Gasteiger partial charge in [-0.3, -0.25) is 4.90 Å². The molecule has 112 valence electrons. The van der Waals surface area contributed by atoms with Crippen LogP contribution in [0.1, 0.15) is 40.0 Å². The van der Waals surface area contributed by atoms with Crippen LogP contribution in [0.3, 0.4) is 0 Å². The van der Waals surface area contributed by atoms with Gasteiger partial charge in [-0.05, 0) is 70.7 Å². The van der Waals surface area contributed by atoms with E-state index in [-0.39, 0.29) is 0 Å². The van der Waals surface area contributed by atoms with Crippen molar-refractivity contribution in [3.63, 3.8) is 0 Å². The SMILES string of the molecule is CC1CN(C)CCCN1CC(C)(C)C1CCCNC1. The summed E-state index contributed by atoms with van der Waals surface area (Å²) < 4.78 is 0. The molecule has 0 saturated carbocycles. The fourth-order valence-corrected chi connectivity index (χ4v) is 3.83. The molecule has 3 heteroatoms. The maximum absolute atomic E-state index is 3.58. The number of rotatable bonds is 3. The first kappa shape index (κ1) is 15.3. The molecule has 2 saturated heterocycles. The summed E-state index contributed by atoms with van der Waals surface area (Å²) in [5.74, 6) is 0.842. The molecule has 1 N–H and O–H groups in total. The number of nitrogens with one attached hydrogen (secondary N) is 1. The van der Waals surface area contributed by atoms with Crippen LogP contribution in [-0.2, 0) is 0 Å². The second-order valence-corrected chi connectivity index (χ2v) is 7.47. The molecule has 0 aliphatic carbocycles. The van der Waals surface area contributed by atoms with Gasteiger partial charge in [0, 0.05) is 19.1 Å². The molecule has 0 bridgehead atoms. The molecule has 19 heavy (non-hydrogen) atoms. The number of hydrogen-bond acceptors (Lipinski definition) is 3. The fraction of sp³-hybridized carbons (Fsp3) is 1.00. The van der Waals surface area contributed by atoms with E-state index in [4.69, 9.17) is 0 Å². The Bertz CT molecular complexity index is 271. The lowest BCUT2D eigenvalue weighted by Crippen LogP contribution is -2.48. The standard InChI is InChI=1S/C16H33N3/c1-14-12-18(4)9-6-10-19(14)13-16(2,3)15-7-5-8-17-11-15/h14-15,17H,5-13H2,1-4H3. The Kier molecular flexibility index (Phi) is 5.27. The molecule has 2 aliphatic heterocycles. The lowest BCUT2D eigenvalue weighted by Gasteiger charge is -2.42. The maximum Gasteiger partial charge on any atom is 0.0195 e.